The molecule has 1 atom stereocenters. The molecule has 0 aliphatic carbocycles. The number of rotatable bonds is 4. The van der Waals surface area contributed by atoms with Gasteiger partial charge in [0.05, 0.1) is 5.51 Å². The van der Waals surface area contributed by atoms with Gasteiger partial charge in [-0.3, -0.25) is 4.98 Å². The van der Waals surface area contributed by atoms with Gasteiger partial charge in [-0.15, -0.1) is 11.3 Å². The molecule has 2 aromatic rings. The van der Waals surface area contributed by atoms with Crippen molar-refractivity contribution in [3.63, 3.8) is 0 Å². The minimum Gasteiger partial charge on any atom is -0.312 e. The first-order valence-corrected chi connectivity index (χ1v) is 6.39. The van der Waals surface area contributed by atoms with Gasteiger partial charge < -0.3 is 5.32 Å². The van der Waals surface area contributed by atoms with E-state index in [-0.39, 0.29) is 11.9 Å². The highest BCUT2D eigenvalue weighted by molar-refractivity contribution is 7.09. The van der Waals surface area contributed by atoms with Crippen molar-refractivity contribution in [2.24, 2.45) is 0 Å². The minimum absolute atomic E-state index is 0.176. The molecule has 1 aromatic heterocycles. The summed E-state index contributed by atoms with van der Waals surface area (Å²) >= 11 is 1.62. The van der Waals surface area contributed by atoms with Gasteiger partial charge in [-0.05, 0) is 43.7 Å². The van der Waals surface area contributed by atoms with E-state index in [0.29, 0.717) is 0 Å². The summed E-state index contributed by atoms with van der Waals surface area (Å²) in [7, 11) is 1.92. The Labute approximate surface area is 105 Å². The second kappa shape index (κ2) is 5.38. The summed E-state index contributed by atoms with van der Waals surface area (Å²) in [5.74, 6) is -0.176. The first-order valence-electron chi connectivity index (χ1n) is 5.51. The molecule has 0 spiro atoms. The van der Waals surface area contributed by atoms with Gasteiger partial charge in [-0.1, -0.05) is 6.07 Å². The second-order valence-electron chi connectivity index (χ2n) is 4.02. The maximum absolute atomic E-state index is 13.2. The van der Waals surface area contributed by atoms with Crippen LogP contribution in [-0.2, 0) is 6.42 Å². The van der Waals surface area contributed by atoms with Crippen molar-refractivity contribution in [3.05, 3.63) is 51.7 Å². The van der Waals surface area contributed by atoms with Gasteiger partial charge in [-0.2, -0.15) is 0 Å². The number of hydrogen-bond donors (Lipinski definition) is 1. The van der Waals surface area contributed by atoms with E-state index >= 15 is 0 Å². The molecule has 17 heavy (non-hydrogen) atoms. The molecule has 2 nitrogen and oxygen atoms in total. The van der Waals surface area contributed by atoms with Gasteiger partial charge in [-0.25, -0.2) is 4.39 Å². The Morgan fingerprint density at radius 2 is 2.29 bits per heavy atom. The fourth-order valence-electron chi connectivity index (χ4n) is 1.82. The van der Waals surface area contributed by atoms with E-state index in [4.69, 9.17) is 0 Å². The number of nitrogens with one attached hydrogen (secondary N) is 1. The molecular formula is C13H15FN2S. The number of likely N-dealkylation sites (N-methyl/N-ethyl adjacent to an activating group) is 1. The molecule has 1 N–H and O–H groups in total. The van der Waals surface area contributed by atoms with Crippen LogP contribution < -0.4 is 5.32 Å². The third-order valence-electron chi connectivity index (χ3n) is 2.88. The fraction of sp³-hybridized carbons (Fsp3) is 0.308. The third-order valence-corrected chi connectivity index (χ3v) is 3.77. The molecule has 0 bridgehead atoms. The summed E-state index contributed by atoms with van der Waals surface area (Å²) < 4.78 is 13.2. The Morgan fingerprint density at radius 1 is 1.47 bits per heavy atom. The molecule has 0 saturated carbocycles. The number of thiazole rings is 1. The van der Waals surface area contributed by atoms with Crippen LogP contribution in [0, 0.1) is 12.7 Å². The van der Waals surface area contributed by atoms with Crippen molar-refractivity contribution in [1.29, 1.82) is 0 Å². The summed E-state index contributed by atoms with van der Waals surface area (Å²) in [6, 6.07) is 5.13. The van der Waals surface area contributed by atoms with E-state index in [0.717, 1.165) is 17.5 Å². The summed E-state index contributed by atoms with van der Waals surface area (Å²) in [4.78, 5) is 5.25. The number of aryl methyl sites for hydroxylation is 1. The number of hydrogen-bond acceptors (Lipinski definition) is 3. The zero-order chi connectivity index (χ0) is 12.3. The second-order valence-corrected chi connectivity index (χ2v) is 4.94. The summed E-state index contributed by atoms with van der Waals surface area (Å²) in [5, 5.41) is 3.25. The Bertz CT molecular complexity index is 482. The lowest BCUT2D eigenvalue weighted by molar-refractivity contribution is 0.589. The zero-order valence-electron chi connectivity index (χ0n) is 9.90. The summed E-state index contributed by atoms with van der Waals surface area (Å²) in [5.41, 5.74) is 3.98. The van der Waals surface area contributed by atoms with Crippen LogP contribution in [0.5, 0.6) is 0 Å². The highest BCUT2D eigenvalue weighted by atomic mass is 32.1. The van der Waals surface area contributed by atoms with Crippen LogP contribution in [-0.4, -0.2) is 12.0 Å². The van der Waals surface area contributed by atoms with Gasteiger partial charge in [0.15, 0.2) is 0 Å². The Hall–Kier alpha value is -1.26. The van der Waals surface area contributed by atoms with E-state index in [2.05, 4.69) is 10.3 Å². The van der Waals surface area contributed by atoms with E-state index < -0.39 is 0 Å². The molecule has 1 unspecified atom stereocenters. The van der Waals surface area contributed by atoms with Crippen LogP contribution in [0.1, 0.15) is 22.0 Å². The molecule has 90 valence electrons. The van der Waals surface area contributed by atoms with Crippen molar-refractivity contribution in [2.45, 2.75) is 19.4 Å². The molecular weight excluding hydrogens is 235 g/mol. The highest BCUT2D eigenvalue weighted by Gasteiger charge is 2.13. The molecule has 2 rings (SSSR count). The fourth-order valence-corrected chi connectivity index (χ4v) is 2.55. The zero-order valence-corrected chi connectivity index (χ0v) is 10.7. The topological polar surface area (TPSA) is 24.9 Å². The molecule has 0 amide bonds. The first kappa shape index (κ1) is 12.2. The Kier molecular flexibility index (Phi) is 3.86. The maximum atomic E-state index is 13.2. The van der Waals surface area contributed by atoms with E-state index in [9.17, 15) is 4.39 Å². The molecule has 0 aliphatic rings. The Balaban J connectivity index is 2.21. The highest BCUT2D eigenvalue weighted by Crippen LogP contribution is 2.23. The van der Waals surface area contributed by atoms with E-state index in [1.807, 2.05) is 31.7 Å². The number of halogens is 1. The predicted molar refractivity (Wildman–Crippen MR) is 68.8 cm³/mol. The van der Waals surface area contributed by atoms with Crippen LogP contribution in [0.15, 0.2) is 29.9 Å². The average Bonchev–Trinajstić information content (AvgIpc) is 2.84. The van der Waals surface area contributed by atoms with Crippen LogP contribution in [0.2, 0.25) is 0 Å². The Morgan fingerprint density at radius 3 is 2.94 bits per heavy atom. The van der Waals surface area contributed by atoms with Crippen molar-refractivity contribution in [1.82, 2.24) is 10.3 Å². The lowest BCUT2D eigenvalue weighted by Crippen LogP contribution is -2.18. The number of aromatic nitrogens is 1. The molecule has 4 heteroatoms. The molecule has 0 fully saturated rings. The predicted octanol–water partition coefficient (Wildman–Crippen LogP) is 3.09. The minimum atomic E-state index is -0.176. The van der Waals surface area contributed by atoms with Crippen molar-refractivity contribution in [3.8, 4) is 0 Å². The summed E-state index contributed by atoms with van der Waals surface area (Å²) in [6.45, 7) is 2.01. The smallest absolute Gasteiger partial charge is 0.123 e. The van der Waals surface area contributed by atoms with Crippen molar-refractivity contribution < 1.29 is 4.39 Å². The average molecular weight is 250 g/mol. The molecule has 0 radical (unpaired) electrons. The normalized spacial score (nSPS) is 12.6. The van der Waals surface area contributed by atoms with Crippen LogP contribution in [0.25, 0.3) is 0 Å². The number of benzene rings is 1. The molecule has 1 heterocycles. The van der Waals surface area contributed by atoms with Gasteiger partial charge in [0.1, 0.15) is 5.82 Å². The largest absolute Gasteiger partial charge is 0.312 e. The molecule has 1 aromatic carbocycles. The lowest BCUT2D eigenvalue weighted by Gasteiger charge is -2.15. The quantitative estimate of drug-likeness (QED) is 0.902. The molecule has 0 saturated heterocycles. The summed E-state index contributed by atoms with van der Waals surface area (Å²) in [6.07, 6.45) is 2.64. The van der Waals surface area contributed by atoms with Gasteiger partial charge >= 0.3 is 0 Å². The monoisotopic (exact) mass is 250 g/mol. The van der Waals surface area contributed by atoms with E-state index in [1.54, 1.807) is 17.4 Å². The SMILES string of the molecule is CNC(Cc1cc(F)ccc1C)c1cncs1. The standard InChI is InChI=1S/C13H15FN2S/c1-9-3-4-11(14)5-10(9)6-12(15-2)13-7-16-8-17-13/h3-5,7-8,12,15H,6H2,1-2H3. The van der Waals surface area contributed by atoms with Crippen LogP contribution in [0.4, 0.5) is 4.39 Å². The van der Waals surface area contributed by atoms with E-state index in [1.165, 1.54) is 10.9 Å². The lowest BCUT2D eigenvalue weighted by atomic mass is 10.0. The van der Waals surface area contributed by atoms with Crippen LogP contribution >= 0.6 is 11.3 Å². The van der Waals surface area contributed by atoms with Gasteiger partial charge in [0.25, 0.3) is 0 Å². The van der Waals surface area contributed by atoms with Crippen LogP contribution in [0.3, 0.4) is 0 Å². The first-order chi connectivity index (χ1) is 8.20. The number of nitrogens with zero attached hydrogens (tertiary/aromatic N) is 1. The van der Waals surface area contributed by atoms with Crippen molar-refractivity contribution >= 4 is 11.3 Å². The molecule has 0 aliphatic heterocycles. The van der Waals surface area contributed by atoms with Gasteiger partial charge in [0, 0.05) is 17.1 Å². The van der Waals surface area contributed by atoms with Crippen molar-refractivity contribution in [2.75, 3.05) is 7.05 Å². The maximum Gasteiger partial charge on any atom is 0.123 e. The van der Waals surface area contributed by atoms with Gasteiger partial charge in [0.2, 0.25) is 0 Å². The third kappa shape index (κ3) is 2.90.